The highest BCUT2D eigenvalue weighted by molar-refractivity contribution is 5.99. The van der Waals surface area contributed by atoms with Crippen LogP contribution in [0.25, 0.3) is 10.8 Å². The first-order chi connectivity index (χ1) is 21.6. The summed E-state index contributed by atoms with van der Waals surface area (Å²) in [6.45, 7) is 4.48. The first-order valence-corrected chi connectivity index (χ1v) is 16.7. The number of unbranched alkanes of at least 4 members (excludes halogenated alkanes) is 10. The summed E-state index contributed by atoms with van der Waals surface area (Å²) in [7, 11) is 0. The van der Waals surface area contributed by atoms with Crippen molar-refractivity contribution >= 4 is 22.7 Å². The number of esters is 2. The predicted molar refractivity (Wildman–Crippen MR) is 181 cm³/mol. The molecule has 0 aliphatic carbocycles. The van der Waals surface area contributed by atoms with Gasteiger partial charge in [0.1, 0.15) is 11.5 Å². The third kappa shape index (κ3) is 10.7. The first kappa shape index (κ1) is 33.0. The molecule has 0 saturated carbocycles. The number of rotatable bonds is 18. The zero-order chi connectivity index (χ0) is 31.0. The summed E-state index contributed by atoms with van der Waals surface area (Å²) in [5.41, 5.74) is 3.46. The second-order valence-electron chi connectivity index (χ2n) is 11.9. The van der Waals surface area contributed by atoms with Crippen molar-refractivity contribution in [3.05, 3.63) is 107 Å². The highest BCUT2D eigenvalue weighted by Crippen LogP contribution is 2.22. The van der Waals surface area contributed by atoms with E-state index in [9.17, 15) is 9.59 Å². The van der Waals surface area contributed by atoms with Crippen LogP contribution < -0.4 is 9.47 Å². The Morgan fingerprint density at radius 3 is 1.20 bits per heavy atom. The van der Waals surface area contributed by atoms with Gasteiger partial charge < -0.3 is 9.47 Å². The SMILES string of the molecule is CCCCCCCCc1ccc(OC(=O)c2ccc3cc(C(=O)Oc4ccc(CCCCCCCC)cc4)ccc3c2)cc1. The van der Waals surface area contributed by atoms with E-state index in [1.54, 1.807) is 24.3 Å². The van der Waals surface area contributed by atoms with E-state index in [2.05, 4.69) is 13.8 Å². The molecule has 0 spiro atoms. The Bertz CT molecular complexity index is 1340. The summed E-state index contributed by atoms with van der Waals surface area (Å²) < 4.78 is 11.3. The van der Waals surface area contributed by atoms with E-state index < -0.39 is 11.9 Å². The molecule has 0 bridgehead atoms. The van der Waals surface area contributed by atoms with Gasteiger partial charge in [0.05, 0.1) is 11.1 Å². The molecular formula is C40H48O4. The van der Waals surface area contributed by atoms with Crippen molar-refractivity contribution in [2.75, 3.05) is 0 Å². The molecular weight excluding hydrogens is 544 g/mol. The summed E-state index contributed by atoms with van der Waals surface area (Å²) in [6.07, 6.45) is 17.4. The van der Waals surface area contributed by atoms with Gasteiger partial charge in [0.25, 0.3) is 0 Å². The van der Waals surface area contributed by atoms with Crippen LogP contribution in [-0.4, -0.2) is 11.9 Å². The van der Waals surface area contributed by atoms with Crippen LogP contribution in [-0.2, 0) is 12.8 Å². The molecule has 4 aromatic rings. The van der Waals surface area contributed by atoms with Crippen molar-refractivity contribution in [1.82, 2.24) is 0 Å². The van der Waals surface area contributed by atoms with Crippen LogP contribution in [0.15, 0.2) is 84.9 Å². The van der Waals surface area contributed by atoms with Gasteiger partial charge in [0.2, 0.25) is 0 Å². The number of benzene rings is 4. The standard InChI is InChI=1S/C40H48O4/c1-3-5-7-9-11-13-15-31-17-25-37(26-18-31)43-39(41)35-23-21-34-30-36(24-22-33(34)29-35)40(42)44-38-27-19-32(20-28-38)16-14-12-10-8-6-4-2/h17-30H,3-16H2,1-2H3. The minimum absolute atomic E-state index is 0.404. The molecule has 0 saturated heterocycles. The minimum atomic E-state index is -0.404. The molecule has 0 heterocycles. The van der Waals surface area contributed by atoms with E-state index in [-0.39, 0.29) is 0 Å². The Hall–Kier alpha value is -3.92. The molecule has 0 aliphatic heterocycles. The van der Waals surface area contributed by atoms with Crippen LogP contribution in [0.3, 0.4) is 0 Å². The van der Waals surface area contributed by atoms with Gasteiger partial charge in [-0.15, -0.1) is 0 Å². The van der Waals surface area contributed by atoms with Crippen LogP contribution in [0.2, 0.25) is 0 Å². The van der Waals surface area contributed by atoms with Gasteiger partial charge in [-0.05, 0) is 96.1 Å². The third-order valence-electron chi connectivity index (χ3n) is 8.22. The fourth-order valence-corrected chi connectivity index (χ4v) is 5.50. The monoisotopic (exact) mass is 592 g/mol. The van der Waals surface area contributed by atoms with Crippen molar-refractivity contribution in [2.45, 2.75) is 104 Å². The van der Waals surface area contributed by atoms with Gasteiger partial charge in [-0.25, -0.2) is 9.59 Å². The lowest BCUT2D eigenvalue weighted by Gasteiger charge is -2.09. The zero-order valence-electron chi connectivity index (χ0n) is 26.6. The number of aryl methyl sites for hydroxylation is 2. The van der Waals surface area contributed by atoms with Crippen LogP contribution >= 0.6 is 0 Å². The van der Waals surface area contributed by atoms with Gasteiger partial charge in [0, 0.05) is 0 Å². The fraction of sp³-hybridized carbons (Fsp3) is 0.400. The largest absolute Gasteiger partial charge is 0.423 e. The summed E-state index contributed by atoms with van der Waals surface area (Å²) in [5, 5.41) is 1.70. The molecule has 4 aromatic carbocycles. The van der Waals surface area contributed by atoms with Crippen molar-refractivity contribution in [3.8, 4) is 11.5 Å². The molecule has 0 atom stereocenters. The summed E-state index contributed by atoms with van der Waals surface area (Å²) in [5.74, 6) is 0.267. The normalized spacial score (nSPS) is 11.0. The fourth-order valence-electron chi connectivity index (χ4n) is 5.50. The van der Waals surface area contributed by atoms with Crippen molar-refractivity contribution in [3.63, 3.8) is 0 Å². The molecule has 0 aromatic heterocycles. The quantitative estimate of drug-likeness (QED) is 0.0655. The second-order valence-corrected chi connectivity index (χ2v) is 11.9. The molecule has 0 amide bonds. The maximum Gasteiger partial charge on any atom is 0.343 e. The molecule has 0 aliphatic rings. The number of ether oxygens (including phenoxy) is 2. The topological polar surface area (TPSA) is 52.6 Å². The Labute approximate surface area is 263 Å². The second kappa shape index (κ2) is 18.0. The molecule has 0 unspecified atom stereocenters. The number of hydrogen-bond donors (Lipinski definition) is 0. The highest BCUT2D eigenvalue weighted by Gasteiger charge is 2.13. The lowest BCUT2D eigenvalue weighted by atomic mass is 10.0. The number of carbonyl (C=O) groups excluding carboxylic acids is 2. The van der Waals surface area contributed by atoms with Gasteiger partial charge in [0.15, 0.2) is 0 Å². The molecule has 4 nitrogen and oxygen atoms in total. The molecule has 0 radical (unpaired) electrons. The highest BCUT2D eigenvalue weighted by atomic mass is 16.5. The van der Waals surface area contributed by atoms with Gasteiger partial charge in [-0.2, -0.15) is 0 Å². The molecule has 4 heteroatoms. The lowest BCUT2D eigenvalue weighted by Crippen LogP contribution is -2.09. The van der Waals surface area contributed by atoms with E-state index in [0.29, 0.717) is 22.6 Å². The molecule has 232 valence electrons. The van der Waals surface area contributed by atoms with Crippen LogP contribution in [0.5, 0.6) is 11.5 Å². The third-order valence-corrected chi connectivity index (χ3v) is 8.22. The van der Waals surface area contributed by atoms with E-state index in [1.807, 2.05) is 60.7 Å². The van der Waals surface area contributed by atoms with E-state index in [1.165, 1.54) is 88.2 Å². The average Bonchev–Trinajstić information content (AvgIpc) is 3.05. The molecule has 0 N–H and O–H groups in total. The number of hydrogen-bond acceptors (Lipinski definition) is 4. The Morgan fingerprint density at radius 2 is 0.818 bits per heavy atom. The van der Waals surface area contributed by atoms with Crippen molar-refractivity contribution in [2.24, 2.45) is 0 Å². The van der Waals surface area contributed by atoms with Crippen molar-refractivity contribution in [1.29, 1.82) is 0 Å². The number of carbonyl (C=O) groups is 2. The molecule has 44 heavy (non-hydrogen) atoms. The Morgan fingerprint density at radius 1 is 0.455 bits per heavy atom. The summed E-state index contributed by atoms with van der Waals surface area (Å²) in [6, 6.07) is 26.4. The minimum Gasteiger partial charge on any atom is -0.423 e. The van der Waals surface area contributed by atoms with Gasteiger partial charge in [-0.1, -0.05) is 114 Å². The molecule has 4 rings (SSSR count). The summed E-state index contributed by atoms with van der Waals surface area (Å²) >= 11 is 0. The lowest BCUT2D eigenvalue weighted by molar-refractivity contribution is 0.0725. The first-order valence-electron chi connectivity index (χ1n) is 16.7. The maximum atomic E-state index is 12.9. The number of fused-ring (bicyclic) bond motifs is 1. The van der Waals surface area contributed by atoms with Crippen LogP contribution in [0.4, 0.5) is 0 Å². The van der Waals surface area contributed by atoms with E-state index in [0.717, 1.165) is 23.6 Å². The Balaban J connectivity index is 1.26. The van der Waals surface area contributed by atoms with Crippen molar-refractivity contribution < 1.29 is 19.1 Å². The predicted octanol–water partition coefficient (Wildman–Crippen LogP) is 11.1. The summed E-state index contributed by atoms with van der Waals surface area (Å²) in [4.78, 5) is 25.7. The molecule has 0 fully saturated rings. The smallest absolute Gasteiger partial charge is 0.343 e. The van der Waals surface area contributed by atoms with Gasteiger partial charge >= 0.3 is 11.9 Å². The van der Waals surface area contributed by atoms with E-state index >= 15 is 0 Å². The van der Waals surface area contributed by atoms with Crippen LogP contribution in [0, 0.1) is 0 Å². The zero-order valence-corrected chi connectivity index (χ0v) is 26.6. The van der Waals surface area contributed by atoms with Crippen LogP contribution in [0.1, 0.15) is 123 Å². The van der Waals surface area contributed by atoms with E-state index in [4.69, 9.17) is 9.47 Å². The average molecular weight is 593 g/mol. The maximum absolute atomic E-state index is 12.9. The Kier molecular flexibility index (Phi) is 13.5. The van der Waals surface area contributed by atoms with Gasteiger partial charge in [-0.3, -0.25) is 0 Å².